The highest BCUT2D eigenvalue weighted by Crippen LogP contribution is 2.36. The fourth-order valence-corrected chi connectivity index (χ4v) is 3.56. The van der Waals surface area contributed by atoms with E-state index in [9.17, 15) is 9.59 Å². The number of amides is 2. The van der Waals surface area contributed by atoms with Gasteiger partial charge < -0.3 is 15.4 Å². The summed E-state index contributed by atoms with van der Waals surface area (Å²) < 4.78 is 5.16. The van der Waals surface area contributed by atoms with Gasteiger partial charge in [-0.05, 0) is 29.8 Å². The van der Waals surface area contributed by atoms with Crippen LogP contribution in [0.3, 0.4) is 0 Å². The SMILES string of the molecule is COc1cccc(CNC(=O)C[C@H]2Sc3ccccc3NC2=O)c1. The molecular formula is C18H18N2O3S. The van der Waals surface area contributed by atoms with Crippen molar-refractivity contribution in [1.29, 1.82) is 0 Å². The fraction of sp³-hybridized carbons (Fsp3) is 0.222. The summed E-state index contributed by atoms with van der Waals surface area (Å²) in [6, 6.07) is 15.1. The highest BCUT2D eigenvalue weighted by molar-refractivity contribution is 8.01. The minimum atomic E-state index is -0.412. The van der Waals surface area contributed by atoms with Crippen LogP contribution in [0.5, 0.6) is 5.75 Å². The highest BCUT2D eigenvalue weighted by Gasteiger charge is 2.28. The lowest BCUT2D eigenvalue weighted by Crippen LogP contribution is -2.34. The zero-order chi connectivity index (χ0) is 16.9. The first kappa shape index (κ1) is 16.4. The number of nitrogens with one attached hydrogen (secondary N) is 2. The third-order valence-electron chi connectivity index (χ3n) is 3.70. The molecule has 0 bridgehead atoms. The van der Waals surface area contributed by atoms with Gasteiger partial charge in [-0.25, -0.2) is 0 Å². The minimum Gasteiger partial charge on any atom is -0.497 e. The molecule has 0 saturated heterocycles. The number of ether oxygens (including phenoxy) is 1. The van der Waals surface area contributed by atoms with Gasteiger partial charge in [-0.3, -0.25) is 9.59 Å². The summed E-state index contributed by atoms with van der Waals surface area (Å²) in [6.07, 6.45) is 0.148. The molecule has 2 amide bonds. The Morgan fingerprint density at radius 1 is 1.25 bits per heavy atom. The van der Waals surface area contributed by atoms with E-state index in [2.05, 4.69) is 10.6 Å². The molecule has 0 spiro atoms. The van der Waals surface area contributed by atoms with Gasteiger partial charge in [-0.15, -0.1) is 11.8 Å². The number of methoxy groups -OCH3 is 1. The summed E-state index contributed by atoms with van der Waals surface area (Å²) in [5, 5.41) is 5.29. The summed E-state index contributed by atoms with van der Waals surface area (Å²) in [7, 11) is 1.61. The normalized spacial score (nSPS) is 16.0. The molecule has 0 aliphatic carbocycles. The Hall–Kier alpha value is -2.47. The van der Waals surface area contributed by atoms with Crippen LogP contribution in [0.1, 0.15) is 12.0 Å². The molecule has 124 valence electrons. The second-order valence-corrected chi connectivity index (χ2v) is 6.67. The number of rotatable bonds is 5. The standard InChI is InChI=1S/C18H18N2O3S/c1-23-13-6-4-5-12(9-13)11-19-17(21)10-16-18(22)20-14-7-2-3-8-15(14)24-16/h2-9,16H,10-11H2,1H3,(H,19,21)(H,20,22)/t16-/m1/s1. The maximum Gasteiger partial charge on any atom is 0.238 e. The highest BCUT2D eigenvalue weighted by atomic mass is 32.2. The van der Waals surface area contributed by atoms with Crippen LogP contribution in [0.2, 0.25) is 0 Å². The molecule has 0 radical (unpaired) electrons. The quantitative estimate of drug-likeness (QED) is 0.877. The van der Waals surface area contributed by atoms with Gasteiger partial charge >= 0.3 is 0 Å². The Kier molecular flexibility index (Phi) is 5.05. The van der Waals surface area contributed by atoms with Crippen molar-refractivity contribution >= 4 is 29.3 Å². The Balaban J connectivity index is 1.56. The maximum atomic E-state index is 12.2. The molecule has 1 aliphatic rings. The van der Waals surface area contributed by atoms with Crippen molar-refractivity contribution < 1.29 is 14.3 Å². The van der Waals surface area contributed by atoms with Crippen LogP contribution < -0.4 is 15.4 Å². The van der Waals surface area contributed by atoms with Crippen LogP contribution in [0.25, 0.3) is 0 Å². The number of fused-ring (bicyclic) bond motifs is 1. The van der Waals surface area contributed by atoms with Crippen LogP contribution in [0, 0.1) is 0 Å². The first-order valence-corrected chi connectivity index (χ1v) is 8.50. The Bertz CT molecular complexity index is 763. The average molecular weight is 342 g/mol. The number of benzene rings is 2. The Morgan fingerprint density at radius 3 is 2.92 bits per heavy atom. The molecule has 0 aromatic heterocycles. The van der Waals surface area contributed by atoms with Gasteiger partial charge in [-0.1, -0.05) is 24.3 Å². The molecule has 6 heteroatoms. The van der Waals surface area contributed by atoms with E-state index in [4.69, 9.17) is 4.74 Å². The largest absolute Gasteiger partial charge is 0.497 e. The summed E-state index contributed by atoms with van der Waals surface area (Å²) in [6.45, 7) is 0.408. The van der Waals surface area contributed by atoms with Crippen LogP contribution in [-0.4, -0.2) is 24.2 Å². The summed E-state index contributed by atoms with van der Waals surface area (Å²) in [5.74, 6) is 0.473. The smallest absolute Gasteiger partial charge is 0.238 e. The lowest BCUT2D eigenvalue weighted by Gasteiger charge is -2.23. The first-order chi connectivity index (χ1) is 11.7. The molecular weight excluding hydrogens is 324 g/mol. The first-order valence-electron chi connectivity index (χ1n) is 7.62. The van der Waals surface area contributed by atoms with Crippen molar-refractivity contribution in [3.8, 4) is 5.75 Å². The predicted molar refractivity (Wildman–Crippen MR) is 94.2 cm³/mol. The van der Waals surface area contributed by atoms with Gasteiger partial charge in [0.15, 0.2) is 0 Å². The van der Waals surface area contributed by atoms with Crippen LogP contribution in [-0.2, 0) is 16.1 Å². The number of hydrogen-bond donors (Lipinski definition) is 2. The van der Waals surface area contributed by atoms with Crippen LogP contribution in [0.15, 0.2) is 53.4 Å². The Morgan fingerprint density at radius 2 is 2.08 bits per heavy atom. The van der Waals surface area contributed by atoms with Gasteiger partial charge in [-0.2, -0.15) is 0 Å². The van der Waals surface area contributed by atoms with Gasteiger partial charge in [0.25, 0.3) is 0 Å². The monoisotopic (exact) mass is 342 g/mol. The second-order valence-electron chi connectivity index (χ2n) is 5.42. The number of para-hydroxylation sites is 1. The molecule has 1 aliphatic heterocycles. The zero-order valence-corrected chi connectivity index (χ0v) is 14.1. The van der Waals surface area contributed by atoms with E-state index in [0.717, 1.165) is 21.9 Å². The second kappa shape index (κ2) is 7.40. The molecule has 5 nitrogen and oxygen atoms in total. The summed E-state index contributed by atoms with van der Waals surface area (Å²) in [4.78, 5) is 25.3. The molecule has 2 aromatic rings. The third-order valence-corrected chi connectivity index (χ3v) is 4.98. The molecule has 3 rings (SSSR count). The summed E-state index contributed by atoms with van der Waals surface area (Å²) in [5.41, 5.74) is 1.76. The van der Waals surface area contributed by atoms with Crippen LogP contribution >= 0.6 is 11.8 Å². The van der Waals surface area contributed by atoms with Gasteiger partial charge in [0.05, 0.1) is 18.0 Å². The number of carbonyl (C=O) groups is 2. The maximum absolute atomic E-state index is 12.2. The molecule has 0 saturated carbocycles. The molecule has 2 aromatic carbocycles. The van der Waals surface area contributed by atoms with Crippen molar-refractivity contribution in [3.63, 3.8) is 0 Å². The van der Waals surface area contributed by atoms with Crippen LogP contribution in [0.4, 0.5) is 5.69 Å². The van der Waals surface area contributed by atoms with Crippen molar-refractivity contribution in [2.45, 2.75) is 23.1 Å². The van der Waals surface area contributed by atoms with E-state index in [1.165, 1.54) is 11.8 Å². The lowest BCUT2D eigenvalue weighted by atomic mass is 10.2. The van der Waals surface area contributed by atoms with Gasteiger partial charge in [0, 0.05) is 17.9 Å². The van der Waals surface area contributed by atoms with E-state index in [1.54, 1.807) is 7.11 Å². The Labute approximate surface area is 144 Å². The predicted octanol–water partition coefficient (Wildman–Crippen LogP) is 2.81. The molecule has 2 N–H and O–H groups in total. The number of carbonyl (C=O) groups excluding carboxylic acids is 2. The lowest BCUT2D eigenvalue weighted by molar-refractivity contribution is -0.124. The number of thioether (sulfide) groups is 1. The zero-order valence-electron chi connectivity index (χ0n) is 13.2. The summed E-state index contributed by atoms with van der Waals surface area (Å²) >= 11 is 1.43. The minimum absolute atomic E-state index is 0.129. The van der Waals surface area contributed by atoms with Gasteiger partial charge in [0.2, 0.25) is 11.8 Å². The molecule has 0 unspecified atom stereocenters. The van der Waals surface area contributed by atoms with E-state index in [1.807, 2.05) is 48.5 Å². The number of hydrogen-bond acceptors (Lipinski definition) is 4. The van der Waals surface area contributed by atoms with Gasteiger partial charge in [0.1, 0.15) is 5.75 Å². The van der Waals surface area contributed by atoms with Crippen molar-refractivity contribution in [3.05, 3.63) is 54.1 Å². The molecule has 0 fully saturated rings. The van der Waals surface area contributed by atoms with Crippen molar-refractivity contribution in [1.82, 2.24) is 5.32 Å². The number of anilines is 1. The van der Waals surface area contributed by atoms with Crippen molar-refractivity contribution in [2.75, 3.05) is 12.4 Å². The van der Waals surface area contributed by atoms with E-state index in [0.29, 0.717) is 6.54 Å². The van der Waals surface area contributed by atoms with E-state index < -0.39 is 5.25 Å². The molecule has 1 heterocycles. The molecule has 24 heavy (non-hydrogen) atoms. The molecule has 1 atom stereocenters. The van der Waals surface area contributed by atoms with E-state index in [-0.39, 0.29) is 18.2 Å². The van der Waals surface area contributed by atoms with E-state index >= 15 is 0 Å². The fourth-order valence-electron chi connectivity index (χ4n) is 2.45. The average Bonchev–Trinajstić information content (AvgIpc) is 2.61. The topological polar surface area (TPSA) is 67.4 Å². The van der Waals surface area contributed by atoms with Crippen molar-refractivity contribution in [2.24, 2.45) is 0 Å². The third kappa shape index (κ3) is 3.89.